The molecule has 1 aromatic rings. The molecule has 1 fully saturated rings. The molecule has 2 N–H and O–H groups in total. The molecule has 1 aliphatic rings. The van der Waals surface area contributed by atoms with Crippen LogP contribution in [0.5, 0.6) is 0 Å². The van der Waals surface area contributed by atoms with E-state index in [4.69, 9.17) is 0 Å². The average molecular weight is 248 g/mol. The molecule has 0 bridgehead atoms. The van der Waals surface area contributed by atoms with Gasteiger partial charge in [-0.15, -0.1) is 0 Å². The summed E-state index contributed by atoms with van der Waals surface area (Å²) >= 11 is 0. The molecule has 0 amide bonds. The van der Waals surface area contributed by atoms with Crippen molar-refractivity contribution in [2.75, 3.05) is 17.7 Å². The summed E-state index contributed by atoms with van der Waals surface area (Å²) in [5.41, 5.74) is 0.119. The number of rotatable bonds is 5. The largest absolute Gasteiger partial charge is 0.373 e. The maximum Gasteiger partial charge on any atom is 0.135 e. The summed E-state index contributed by atoms with van der Waals surface area (Å²) in [5.74, 6) is 3.80. The quantitative estimate of drug-likeness (QED) is 0.840. The highest BCUT2D eigenvalue weighted by molar-refractivity contribution is 5.49. The first-order chi connectivity index (χ1) is 8.42. The maximum atomic E-state index is 4.61. The Hall–Kier alpha value is -1.32. The molecule has 0 spiro atoms. The molecule has 1 heterocycles. The first kappa shape index (κ1) is 13.1. The Balaban J connectivity index is 2.23. The second-order valence-corrected chi connectivity index (χ2v) is 6.02. The van der Waals surface area contributed by atoms with Crippen molar-refractivity contribution >= 4 is 11.6 Å². The van der Waals surface area contributed by atoms with Gasteiger partial charge in [0.2, 0.25) is 0 Å². The monoisotopic (exact) mass is 248 g/mol. The first-order valence-corrected chi connectivity index (χ1v) is 6.77. The normalized spacial score (nSPS) is 15.9. The van der Waals surface area contributed by atoms with Crippen LogP contribution in [0.1, 0.15) is 52.3 Å². The summed E-state index contributed by atoms with van der Waals surface area (Å²) in [6, 6.07) is 1.98. The van der Waals surface area contributed by atoms with Gasteiger partial charge in [-0.2, -0.15) is 0 Å². The molecule has 0 atom stereocenters. The minimum Gasteiger partial charge on any atom is -0.373 e. The Labute approximate surface area is 110 Å². The number of hydrogen-bond acceptors (Lipinski definition) is 4. The number of nitrogens with one attached hydrogen (secondary N) is 2. The Kier molecular flexibility index (Phi) is 3.46. The number of aromatic nitrogens is 2. The molecule has 0 unspecified atom stereocenters. The van der Waals surface area contributed by atoms with Crippen LogP contribution in [0.15, 0.2) is 6.07 Å². The van der Waals surface area contributed by atoms with Gasteiger partial charge >= 0.3 is 0 Å². The number of nitrogens with zero attached hydrogens (tertiary/aromatic N) is 2. The van der Waals surface area contributed by atoms with Crippen LogP contribution in [-0.2, 0) is 0 Å². The van der Waals surface area contributed by atoms with Crippen molar-refractivity contribution in [3.63, 3.8) is 0 Å². The first-order valence-electron chi connectivity index (χ1n) is 6.77. The van der Waals surface area contributed by atoms with Crippen molar-refractivity contribution < 1.29 is 0 Å². The molecule has 2 rings (SSSR count). The molecule has 0 aromatic carbocycles. The van der Waals surface area contributed by atoms with Crippen molar-refractivity contribution in [1.82, 2.24) is 9.97 Å². The molecule has 4 heteroatoms. The van der Waals surface area contributed by atoms with Crippen LogP contribution >= 0.6 is 0 Å². The Bertz CT molecular complexity index is 422. The van der Waals surface area contributed by atoms with E-state index in [1.807, 2.05) is 13.1 Å². The fourth-order valence-electron chi connectivity index (χ4n) is 2.15. The van der Waals surface area contributed by atoms with Gasteiger partial charge in [-0.3, -0.25) is 0 Å². The highest BCUT2D eigenvalue weighted by Crippen LogP contribution is 2.41. The summed E-state index contributed by atoms with van der Waals surface area (Å²) in [6.07, 6.45) is 2.64. The van der Waals surface area contributed by atoms with E-state index in [-0.39, 0.29) is 5.54 Å². The van der Waals surface area contributed by atoms with Gasteiger partial charge in [0.05, 0.1) is 0 Å². The predicted octanol–water partition coefficient (Wildman–Crippen LogP) is 3.24. The molecule has 4 nitrogen and oxygen atoms in total. The molecule has 100 valence electrons. The smallest absolute Gasteiger partial charge is 0.135 e. The average Bonchev–Trinajstić information content (AvgIpc) is 3.11. The minimum atomic E-state index is 0.119. The zero-order chi connectivity index (χ0) is 13.3. The lowest BCUT2D eigenvalue weighted by atomic mass is 9.99. The summed E-state index contributed by atoms with van der Waals surface area (Å²) in [5, 5.41) is 6.66. The molecule has 0 saturated heterocycles. The molecule has 0 aliphatic heterocycles. The van der Waals surface area contributed by atoms with E-state index in [1.165, 1.54) is 12.8 Å². The van der Waals surface area contributed by atoms with Gasteiger partial charge in [-0.25, -0.2) is 9.97 Å². The van der Waals surface area contributed by atoms with E-state index < -0.39 is 0 Å². The van der Waals surface area contributed by atoms with Gasteiger partial charge in [0, 0.05) is 24.6 Å². The number of anilines is 2. The third-order valence-corrected chi connectivity index (χ3v) is 3.56. The van der Waals surface area contributed by atoms with Crippen molar-refractivity contribution in [3.8, 4) is 0 Å². The summed E-state index contributed by atoms with van der Waals surface area (Å²) in [7, 11) is 1.89. The highest BCUT2D eigenvalue weighted by atomic mass is 15.1. The van der Waals surface area contributed by atoms with Crippen LogP contribution in [0, 0.1) is 5.92 Å². The van der Waals surface area contributed by atoms with Crippen LogP contribution < -0.4 is 10.6 Å². The molecule has 1 aliphatic carbocycles. The Morgan fingerprint density at radius 1 is 1.22 bits per heavy atom. The van der Waals surface area contributed by atoms with Crippen LogP contribution in [0.4, 0.5) is 11.6 Å². The Morgan fingerprint density at radius 3 is 2.33 bits per heavy atom. The van der Waals surface area contributed by atoms with Gasteiger partial charge < -0.3 is 10.6 Å². The zero-order valence-electron chi connectivity index (χ0n) is 12.0. The van der Waals surface area contributed by atoms with E-state index >= 15 is 0 Å². The highest BCUT2D eigenvalue weighted by Gasteiger charge is 2.37. The standard InChI is InChI=1S/C14H24N4/c1-9(2)13-16-11(15-5)8-12(17-13)18-14(3,4)10-6-7-10/h8-10H,6-7H2,1-5H3,(H2,15,16,17,18). The molecule has 1 aromatic heterocycles. The van der Waals surface area contributed by atoms with E-state index in [1.54, 1.807) is 0 Å². The summed E-state index contributed by atoms with van der Waals surface area (Å²) in [4.78, 5) is 9.09. The summed E-state index contributed by atoms with van der Waals surface area (Å²) < 4.78 is 0. The fourth-order valence-corrected chi connectivity index (χ4v) is 2.15. The van der Waals surface area contributed by atoms with E-state index in [0.29, 0.717) is 5.92 Å². The second kappa shape index (κ2) is 4.75. The molecule has 18 heavy (non-hydrogen) atoms. The van der Waals surface area contributed by atoms with Crippen molar-refractivity contribution in [2.24, 2.45) is 5.92 Å². The van der Waals surface area contributed by atoms with Crippen molar-refractivity contribution in [2.45, 2.75) is 52.0 Å². The van der Waals surface area contributed by atoms with Gasteiger partial charge in [-0.1, -0.05) is 13.8 Å². The lowest BCUT2D eigenvalue weighted by Gasteiger charge is -2.27. The molecular weight excluding hydrogens is 224 g/mol. The topological polar surface area (TPSA) is 49.8 Å². The SMILES string of the molecule is CNc1cc(NC(C)(C)C2CC2)nc(C(C)C)n1. The second-order valence-electron chi connectivity index (χ2n) is 6.02. The maximum absolute atomic E-state index is 4.61. The third-order valence-electron chi connectivity index (χ3n) is 3.56. The van der Waals surface area contributed by atoms with Gasteiger partial charge in [0.1, 0.15) is 17.5 Å². The van der Waals surface area contributed by atoms with Crippen LogP contribution in [0.2, 0.25) is 0 Å². The zero-order valence-corrected chi connectivity index (χ0v) is 12.0. The Morgan fingerprint density at radius 2 is 1.83 bits per heavy atom. The van der Waals surface area contributed by atoms with Crippen LogP contribution in [-0.4, -0.2) is 22.6 Å². The van der Waals surface area contributed by atoms with Gasteiger partial charge in [0.25, 0.3) is 0 Å². The predicted molar refractivity (Wildman–Crippen MR) is 76.1 cm³/mol. The van der Waals surface area contributed by atoms with E-state index in [9.17, 15) is 0 Å². The molecule has 1 saturated carbocycles. The van der Waals surface area contributed by atoms with Crippen LogP contribution in [0.25, 0.3) is 0 Å². The van der Waals surface area contributed by atoms with Crippen LogP contribution in [0.3, 0.4) is 0 Å². The van der Waals surface area contributed by atoms with Gasteiger partial charge in [0.15, 0.2) is 0 Å². The molecular formula is C14H24N4. The fraction of sp³-hybridized carbons (Fsp3) is 0.714. The number of hydrogen-bond donors (Lipinski definition) is 2. The summed E-state index contributed by atoms with van der Waals surface area (Å²) in [6.45, 7) is 8.73. The van der Waals surface area contributed by atoms with Crippen molar-refractivity contribution in [3.05, 3.63) is 11.9 Å². The van der Waals surface area contributed by atoms with Crippen molar-refractivity contribution in [1.29, 1.82) is 0 Å². The minimum absolute atomic E-state index is 0.119. The lowest BCUT2D eigenvalue weighted by molar-refractivity contribution is 0.492. The molecule has 0 radical (unpaired) electrons. The lowest BCUT2D eigenvalue weighted by Crippen LogP contribution is -2.33. The van der Waals surface area contributed by atoms with Gasteiger partial charge in [-0.05, 0) is 32.6 Å². The van der Waals surface area contributed by atoms with E-state index in [0.717, 1.165) is 23.4 Å². The third kappa shape index (κ3) is 2.92. The van der Waals surface area contributed by atoms with E-state index in [2.05, 4.69) is 48.3 Å².